The van der Waals surface area contributed by atoms with Gasteiger partial charge in [-0.15, -0.1) is 0 Å². The van der Waals surface area contributed by atoms with Crippen molar-refractivity contribution in [2.75, 3.05) is 12.4 Å². The van der Waals surface area contributed by atoms with Crippen LogP contribution in [-0.2, 0) is 6.54 Å². The topological polar surface area (TPSA) is 82.0 Å². The van der Waals surface area contributed by atoms with Crippen molar-refractivity contribution in [2.45, 2.75) is 26.5 Å². The molecule has 2 heterocycles. The average molecular weight is 310 g/mol. The minimum absolute atomic E-state index is 0.0397. The minimum atomic E-state index is -0.0397. The molecule has 8 heteroatoms. The van der Waals surface area contributed by atoms with Crippen molar-refractivity contribution < 1.29 is 9.47 Å². The normalized spacial score (nSPS) is 10.5. The van der Waals surface area contributed by atoms with Gasteiger partial charge in [0.2, 0.25) is 17.1 Å². The molecule has 0 amide bonds. The summed E-state index contributed by atoms with van der Waals surface area (Å²) in [6.07, 6.45) is 1.67. The lowest BCUT2D eigenvalue weighted by Crippen LogP contribution is -2.11. The Balaban J connectivity index is 2.03. The van der Waals surface area contributed by atoms with Crippen LogP contribution >= 0.6 is 11.6 Å². The van der Waals surface area contributed by atoms with Crippen LogP contribution in [-0.4, -0.2) is 33.1 Å². The third-order valence-electron chi connectivity index (χ3n) is 2.39. The molecule has 0 saturated carbocycles. The van der Waals surface area contributed by atoms with Crippen LogP contribution in [0, 0.1) is 0 Å². The smallest absolute Gasteiger partial charge is 0.322 e. The second-order valence-electron chi connectivity index (χ2n) is 4.44. The van der Waals surface area contributed by atoms with Crippen molar-refractivity contribution in [3.63, 3.8) is 0 Å². The van der Waals surface area contributed by atoms with Gasteiger partial charge in [-0.3, -0.25) is 0 Å². The van der Waals surface area contributed by atoms with Gasteiger partial charge < -0.3 is 14.8 Å². The van der Waals surface area contributed by atoms with Crippen molar-refractivity contribution in [1.82, 2.24) is 19.9 Å². The molecule has 21 heavy (non-hydrogen) atoms. The van der Waals surface area contributed by atoms with E-state index in [-0.39, 0.29) is 17.4 Å². The maximum absolute atomic E-state index is 5.84. The van der Waals surface area contributed by atoms with E-state index in [1.807, 2.05) is 19.9 Å². The Bertz CT molecular complexity index is 592. The lowest BCUT2D eigenvalue weighted by Gasteiger charge is -2.09. The lowest BCUT2D eigenvalue weighted by atomic mass is 10.3. The second-order valence-corrected chi connectivity index (χ2v) is 4.78. The van der Waals surface area contributed by atoms with Crippen LogP contribution in [0.2, 0.25) is 5.28 Å². The number of pyridine rings is 1. The number of nitrogens with zero attached hydrogens (tertiary/aromatic N) is 4. The molecule has 2 rings (SSSR count). The highest BCUT2D eigenvalue weighted by Gasteiger charge is 2.07. The van der Waals surface area contributed by atoms with Crippen LogP contribution in [0.25, 0.3) is 0 Å². The molecule has 0 aliphatic carbocycles. The molecule has 0 aliphatic heterocycles. The molecule has 0 aliphatic rings. The Kier molecular flexibility index (Phi) is 5.10. The highest BCUT2D eigenvalue weighted by molar-refractivity contribution is 6.28. The number of hydrogen-bond acceptors (Lipinski definition) is 7. The largest absolute Gasteiger partial charge is 0.481 e. The molecule has 7 nitrogen and oxygen atoms in total. The summed E-state index contributed by atoms with van der Waals surface area (Å²) in [5.74, 6) is 0.913. The van der Waals surface area contributed by atoms with Crippen LogP contribution in [0.1, 0.15) is 19.4 Å². The van der Waals surface area contributed by atoms with Crippen LogP contribution < -0.4 is 14.8 Å². The van der Waals surface area contributed by atoms with Gasteiger partial charge in [-0.25, -0.2) is 4.98 Å². The molecule has 2 aromatic rings. The number of ether oxygens (including phenoxy) is 2. The zero-order chi connectivity index (χ0) is 15.2. The molecular weight excluding hydrogens is 294 g/mol. The van der Waals surface area contributed by atoms with Crippen molar-refractivity contribution >= 4 is 17.5 Å². The molecule has 0 fully saturated rings. The summed E-state index contributed by atoms with van der Waals surface area (Å²) in [5.41, 5.74) is 0.957. The first-order chi connectivity index (χ1) is 10.1. The van der Waals surface area contributed by atoms with E-state index in [1.165, 1.54) is 0 Å². The summed E-state index contributed by atoms with van der Waals surface area (Å²) in [6, 6.07) is 3.87. The van der Waals surface area contributed by atoms with E-state index in [4.69, 9.17) is 21.1 Å². The first-order valence-electron chi connectivity index (χ1n) is 6.38. The van der Waals surface area contributed by atoms with Gasteiger partial charge in [0, 0.05) is 18.8 Å². The quantitative estimate of drug-likeness (QED) is 0.876. The van der Waals surface area contributed by atoms with E-state index < -0.39 is 0 Å². The van der Waals surface area contributed by atoms with Crippen LogP contribution in [0.4, 0.5) is 5.95 Å². The monoisotopic (exact) mass is 309 g/mol. The number of aromatic nitrogens is 4. The van der Waals surface area contributed by atoms with Gasteiger partial charge in [0.1, 0.15) is 0 Å². The van der Waals surface area contributed by atoms with Gasteiger partial charge in [0.15, 0.2) is 0 Å². The summed E-state index contributed by atoms with van der Waals surface area (Å²) >= 11 is 5.84. The maximum atomic E-state index is 5.84. The highest BCUT2D eigenvalue weighted by atomic mass is 35.5. The molecule has 1 N–H and O–H groups in total. The van der Waals surface area contributed by atoms with Gasteiger partial charge >= 0.3 is 6.01 Å². The maximum Gasteiger partial charge on any atom is 0.322 e. The van der Waals surface area contributed by atoms with Crippen molar-refractivity contribution in [2.24, 2.45) is 0 Å². The number of methoxy groups -OCH3 is 1. The SMILES string of the molecule is COc1ccc(CNc2nc(Cl)nc(OC(C)C)n2)cn1. The summed E-state index contributed by atoms with van der Waals surface area (Å²) in [7, 11) is 1.57. The second kappa shape index (κ2) is 7.03. The predicted octanol–water partition coefficient (Wildman–Crippen LogP) is 2.33. The molecule has 0 saturated heterocycles. The molecule has 0 aromatic carbocycles. The molecule has 2 aromatic heterocycles. The number of hydrogen-bond donors (Lipinski definition) is 1. The summed E-state index contributed by atoms with van der Waals surface area (Å²) in [6.45, 7) is 4.26. The Morgan fingerprint density at radius 1 is 1.24 bits per heavy atom. The van der Waals surface area contributed by atoms with Crippen LogP contribution in [0.15, 0.2) is 18.3 Å². The number of nitrogens with one attached hydrogen (secondary N) is 1. The minimum Gasteiger partial charge on any atom is -0.481 e. The van der Waals surface area contributed by atoms with Crippen molar-refractivity contribution in [1.29, 1.82) is 0 Å². The predicted molar refractivity (Wildman–Crippen MR) is 78.7 cm³/mol. The zero-order valence-corrected chi connectivity index (χ0v) is 12.8. The van der Waals surface area contributed by atoms with Gasteiger partial charge in [0.25, 0.3) is 0 Å². The van der Waals surface area contributed by atoms with E-state index in [0.717, 1.165) is 5.56 Å². The van der Waals surface area contributed by atoms with E-state index in [1.54, 1.807) is 19.4 Å². The summed E-state index contributed by atoms with van der Waals surface area (Å²) in [5, 5.41) is 3.13. The Morgan fingerprint density at radius 2 is 2.05 bits per heavy atom. The molecular formula is C13H16ClN5O2. The number of rotatable bonds is 6. The third-order valence-corrected chi connectivity index (χ3v) is 2.56. The third kappa shape index (κ3) is 4.71. The highest BCUT2D eigenvalue weighted by Crippen LogP contribution is 2.14. The molecule has 0 bridgehead atoms. The fraction of sp³-hybridized carbons (Fsp3) is 0.385. The summed E-state index contributed by atoms with van der Waals surface area (Å²) < 4.78 is 10.4. The van der Waals surface area contributed by atoms with Gasteiger partial charge in [0.05, 0.1) is 13.2 Å². The molecule has 0 radical (unpaired) electrons. The number of halogens is 1. The first kappa shape index (κ1) is 15.2. The van der Waals surface area contributed by atoms with Crippen LogP contribution in [0.3, 0.4) is 0 Å². The van der Waals surface area contributed by atoms with Crippen LogP contribution in [0.5, 0.6) is 11.9 Å². The molecule has 0 unspecified atom stereocenters. The average Bonchev–Trinajstić information content (AvgIpc) is 2.44. The Labute approximate surface area is 127 Å². The lowest BCUT2D eigenvalue weighted by molar-refractivity contribution is 0.222. The summed E-state index contributed by atoms with van der Waals surface area (Å²) in [4.78, 5) is 16.2. The van der Waals surface area contributed by atoms with Gasteiger partial charge in [-0.1, -0.05) is 6.07 Å². The molecule has 112 valence electrons. The zero-order valence-electron chi connectivity index (χ0n) is 12.0. The standard InChI is InChI=1S/C13H16ClN5O2/c1-8(2)21-13-18-11(14)17-12(19-13)16-7-9-4-5-10(20-3)15-6-9/h4-6,8H,7H2,1-3H3,(H,16,17,18,19). The number of anilines is 1. The molecule has 0 atom stereocenters. The van der Waals surface area contributed by atoms with E-state index in [0.29, 0.717) is 18.4 Å². The van der Waals surface area contributed by atoms with Gasteiger partial charge in [-0.05, 0) is 31.0 Å². The van der Waals surface area contributed by atoms with Gasteiger partial charge in [-0.2, -0.15) is 15.0 Å². The fourth-order valence-corrected chi connectivity index (χ4v) is 1.64. The first-order valence-corrected chi connectivity index (χ1v) is 6.75. The van der Waals surface area contributed by atoms with Crippen molar-refractivity contribution in [3.05, 3.63) is 29.2 Å². The van der Waals surface area contributed by atoms with Crippen molar-refractivity contribution in [3.8, 4) is 11.9 Å². The van der Waals surface area contributed by atoms with E-state index in [2.05, 4.69) is 25.3 Å². The fourth-order valence-electron chi connectivity index (χ4n) is 1.49. The van der Waals surface area contributed by atoms with E-state index in [9.17, 15) is 0 Å². The Hall–Kier alpha value is -2.15. The molecule has 0 spiro atoms. The Morgan fingerprint density at radius 3 is 2.67 bits per heavy atom. The van der Waals surface area contributed by atoms with E-state index >= 15 is 0 Å².